The van der Waals surface area contributed by atoms with Gasteiger partial charge in [0.05, 0.1) is 0 Å². The van der Waals surface area contributed by atoms with E-state index in [1.807, 2.05) is 0 Å². The number of unbranched alkanes of at least 4 members (excludes halogenated alkanes) is 1. The third-order valence-corrected chi connectivity index (χ3v) is 5.51. The smallest absolute Gasteiger partial charge is 0.195 e. The van der Waals surface area contributed by atoms with Crippen LogP contribution < -0.4 is 0 Å². The number of benzene rings is 1. The summed E-state index contributed by atoms with van der Waals surface area (Å²) in [6.07, 6.45) is 17.5. The van der Waals surface area contributed by atoms with Crippen LogP contribution in [0.15, 0.2) is 48.3 Å². The minimum atomic E-state index is -0.713. The highest BCUT2D eigenvalue weighted by molar-refractivity contribution is 5.22. The van der Waals surface area contributed by atoms with Crippen LogP contribution in [0.3, 0.4) is 0 Å². The molecule has 0 atom stereocenters. The third kappa shape index (κ3) is 7.56. The van der Waals surface area contributed by atoms with Crippen molar-refractivity contribution in [2.45, 2.75) is 71.1 Å². The Morgan fingerprint density at radius 1 is 1.08 bits per heavy atom. The van der Waals surface area contributed by atoms with Gasteiger partial charge in [-0.1, -0.05) is 62.6 Å². The van der Waals surface area contributed by atoms with Gasteiger partial charge in [0.15, 0.2) is 5.83 Å². The van der Waals surface area contributed by atoms with Crippen molar-refractivity contribution in [2.24, 2.45) is 11.8 Å². The van der Waals surface area contributed by atoms with Gasteiger partial charge in [-0.05, 0) is 74.0 Å². The van der Waals surface area contributed by atoms with E-state index in [0.29, 0.717) is 5.92 Å². The van der Waals surface area contributed by atoms with Crippen LogP contribution in [0.5, 0.6) is 0 Å². The average molecular weight is 354 g/mol. The van der Waals surface area contributed by atoms with Crippen molar-refractivity contribution >= 4 is 0 Å². The molecule has 140 valence electrons. The minimum absolute atomic E-state index is 0.552. The first-order valence-electron chi connectivity index (χ1n) is 10.2. The van der Waals surface area contributed by atoms with Crippen molar-refractivity contribution < 1.29 is 4.39 Å². The molecular formula is C24H32FN. The molecule has 2 heteroatoms. The number of nitriles is 1. The van der Waals surface area contributed by atoms with Crippen molar-refractivity contribution in [3.63, 3.8) is 0 Å². The standard InChI is InChI=1S/C24H32FN/c1-2-6-20-11-13-21(14-12-20)7-3-4-8-22-15-17-23(18-16-22)9-5-10-24(25)19-26/h5,9-14,22-23H,2-4,6-8,15-18H2,1H3/t22-,23-. The monoisotopic (exact) mass is 353 g/mol. The molecule has 1 aliphatic rings. The van der Waals surface area contributed by atoms with Gasteiger partial charge in [-0.15, -0.1) is 0 Å². The molecule has 0 aliphatic heterocycles. The molecule has 26 heavy (non-hydrogen) atoms. The highest BCUT2D eigenvalue weighted by atomic mass is 19.1. The lowest BCUT2D eigenvalue weighted by Crippen LogP contribution is -2.13. The SMILES string of the molecule is CCCc1ccc(CCCC[C@H]2CC[C@H](C=CC=C(F)C#N)CC2)cc1. The number of aryl methyl sites for hydroxylation is 2. The highest BCUT2D eigenvalue weighted by Crippen LogP contribution is 2.32. The van der Waals surface area contributed by atoms with E-state index in [9.17, 15) is 4.39 Å². The van der Waals surface area contributed by atoms with Gasteiger partial charge in [-0.2, -0.15) is 9.65 Å². The zero-order chi connectivity index (χ0) is 18.6. The summed E-state index contributed by atoms with van der Waals surface area (Å²) >= 11 is 0. The second-order valence-electron chi connectivity index (χ2n) is 7.60. The first-order chi connectivity index (χ1) is 12.7. The fraction of sp³-hybridized carbons (Fsp3) is 0.542. The fourth-order valence-electron chi connectivity index (χ4n) is 3.93. The summed E-state index contributed by atoms with van der Waals surface area (Å²) in [5, 5.41) is 8.39. The number of halogens is 1. The normalized spacial score (nSPS) is 21.0. The zero-order valence-electron chi connectivity index (χ0n) is 16.1. The number of allylic oxidation sites excluding steroid dienone is 4. The molecule has 0 unspecified atom stereocenters. The van der Waals surface area contributed by atoms with Crippen LogP contribution >= 0.6 is 0 Å². The van der Waals surface area contributed by atoms with E-state index in [4.69, 9.17) is 5.26 Å². The van der Waals surface area contributed by atoms with Crippen molar-refractivity contribution in [3.8, 4) is 6.07 Å². The topological polar surface area (TPSA) is 23.8 Å². The van der Waals surface area contributed by atoms with Crippen LogP contribution in [0.25, 0.3) is 0 Å². The van der Waals surface area contributed by atoms with Crippen LogP contribution in [-0.2, 0) is 12.8 Å². The van der Waals surface area contributed by atoms with Crippen LogP contribution in [0, 0.1) is 23.2 Å². The summed E-state index contributed by atoms with van der Waals surface area (Å²) in [7, 11) is 0. The maximum atomic E-state index is 12.7. The van der Waals surface area contributed by atoms with Crippen LogP contribution in [-0.4, -0.2) is 0 Å². The predicted octanol–water partition coefficient (Wildman–Crippen LogP) is 7.09. The van der Waals surface area contributed by atoms with Crippen LogP contribution in [0.2, 0.25) is 0 Å². The van der Waals surface area contributed by atoms with Crippen molar-refractivity contribution in [1.82, 2.24) is 0 Å². The molecular weight excluding hydrogens is 321 g/mol. The lowest BCUT2D eigenvalue weighted by atomic mass is 9.79. The van der Waals surface area contributed by atoms with Gasteiger partial charge < -0.3 is 0 Å². The molecule has 1 fully saturated rings. The van der Waals surface area contributed by atoms with Gasteiger partial charge in [-0.3, -0.25) is 0 Å². The molecule has 0 radical (unpaired) electrons. The average Bonchev–Trinajstić information content (AvgIpc) is 2.67. The molecule has 0 bridgehead atoms. The zero-order valence-corrected chi connectivity index (χ0v) is 16.1. The molecule has 0 spiro atoms. The van der Waals surface area contributed by atoms with Gasteiger partial charge in [0, 0.05) is 0 Å². The van der Waals surface area contributed by atoms with E-state index < -0.39 is 5.83 Å². The molecule has 0 amide bonds. The molecule has 1 aromatic carbocycles. The predicted molar refractivity (Wildman–Crippen MR) is 107 cm³/mol. The molecule has 0 aromatic heterocycles. The maximum Gasteiger partial charge on any atom is 0.199 e. The van der Waals surface area contributed by atoms with Crippen LogP contribution in [0.1, 0.15) is 69.4 Å². The van der Waals surface area contributed by atoms with E-state index in [1.54, 1.807) is 6.08 Å². The van der Waals surface area contributed by atoms with Gasteiger partial charge in [-0.25, -0.2) is 0 Å². The van der Waals surface area contributed by atoms with Crippen molar-refractivity contribution in [2.75, 3.05) is 0 Å². The Bertz CT molecular complexity index is 613. The molecule has 0 N–H and O–H groups in total. The Labute approximate surface area is 158 Å². The number of nitrogens with zero attached hydrogens (tertiary/aromatic N) is 1. The quantitative estimate of drug-likeness (QED) is 0.264. The highest BCUT2D eigenvalue weighted by Gasteiger charge is 2.18. The fourth-order valence-corrected chi connectivity index (χ4v) is 3.93. The minimum Gasteiger partial charge on any atom is -0.195 e. The summed E-state index contributed by atoms with van der Waals surface area (Å²) in [6, 6.07) is 10.7. The Balaban J connectivity index is 1.59. The summed E-state index contributed by atoms with van der Waals surface area (Å²) in [5.41, 5.74) is 2.92. The van der Waals surface area contributed by atoms with Gasteiger partial charge >= 0.3 is 0 Å². The summed E-state index contributed by atoms with van der Waals surface area (Å²) in [6.45, 7) is 2.23. The van der Waals surface area contributed by atoms with E-state index in [0.717, 1.165) is 5.92 Å². The summed E-state index contributed by atoms with van der Waals surface area (Å²) < 4.78 is 12.7. The second kappa shape index (κ2) is 11.7. The maximum absolute atomic E-state index is 12.7. The molecule has 0 saturated heterocycles. The van der Waals surface area contributed by atoms with E-state index in [1.165, 1.54) is 87.5 Å². The molecule has 0 heterocycles. The molecule has 1 nitrogen and oxygen atoms in total. The Morgan fingerprint density at radius 2 is 1.73 bits per heavy atom. The van der Waals surface area contributed by atoms with Gasteiger partial charge in [0.25, 0.3) is 0 Å². The second-order valence-corrected chi connectivity index (χ2v) is 7.60. The molecule has 1 aliphatic carbocycles. The number of rotatable bonds is 9. The van der Waals surface area contributed by atoms with Gasteiger partial charge in [0.1, 0.15) is 6.07 Å². The number of hydrogen-bond donors (Lipinski definition) is 0. The summed E-state index contributed by atoms with van der Waals surface area (Å²) in [4.78, 5) is 0. The molecule has 1 aromatic rings. The Kier molecular flexibility index (Phi) is 9.18. The van der Waals surface area contributed by atoms with Crippen molar-refractivity contribution in [3.05, 3.63) is 59.4 Å². The lowest BCUT2D eigenvalue weighted by Gasteiger charge is -2.26. The molecule has 1 saturated carbocycles. The Morgan fingerprint density at radius 3 is 2.35 bits per heavy atom. The van der Waals surface area contributed by atoms with E-state index in [-0.39, 0.29) is 0 Å². The largest absolute Gasteiger partial charge is 0.199 e. The van der Waals surface area contributed by atoms with Crippen LogP contribution in [0.4, 0.5) is 4.39 Å². The molecule has 2 rings (SSSR count). The summed E-state index contributed by atoms with van der Waals surface area (Å²) in [5.74, 6) is 0.698. The van der Waals surface area contributed by atoms with E-state index in [2.05, 4.69) is 37.3 Å². The third-order valence-electron chi connectivity index (χ3n) is 5.51. The van der Waals surface area contributed by atoms with Crippen molar-refractivity contribution in [1.29, 1.82) is 5.26 Å². The number of hydrogen-bond acceptors (Lipinski definition) is 1. The van der Waals surface area contributed by atoms with Gasteiger partial charge in [0.2, 0.25) is 0 Å². The Hall–Kier alpha value is -1.88. The first kappa shape index (κ1) is 20.4. The van der Waals surface area contributed by atoms with E-state index >= 15 is 0 Å². The lowest BCUT2D eigenvalue weighted by molar-refractivity contribution is 0.289. The first-order valence-corrected chi connectivity index (χ1v) is 10.2.